The molecule has 1 aliphatic rings. The van der Waals surface area contributed by atoms with E-state index in [9.17, 15) is 4.79 Å². The van der Waals surface area contributed by atoms with Crippen LogP contribution in [0.25, 0.3) is 0 Å². The van der Waals surface area contributed by atoms with Crippen LogP contribution in [0.1, 0.15) is 0 Å². The fraction of sp³-hybridized carbons (Fsp3) is 0.714. The first-order valence-electron chi connectivity index (χ1n) is 4.28. The van der Waals surface area contributed by atoms with Gasteiger partial charge in [-0.25, -0.2) is 9.48 Å². The van der Waals surface area contributed by atoms with Crippen LogP contribution in [0.4, 0.5) is 0 Å². The number of ether oxygens (including phenoxy) is 1. The summed E-state index contributed by atoms with van der Waals surface area (Å²) in [5.74, 6) is 0. The number of aromatic amines is 1. The molecule has 1 aliphatic heterocycles. The van der Waals surface area contributed by atoms with Gasteiger partial charge in [0.15, 0.2) is 0 Å². The van der Waals surface area contributed by atoms with Crippen molar-refractivity contribution in [1.82, 2.24) is 20.1 Å². The predicted molar refractivity (Wildman–Crippen MR) is 45.5 cm³/mol. The highest BCUT2D eigenvalue weighted by Crippen LogP contribution is 1.94. The second-order valence-electron chi connectivity index (χ2n) is 3.00. The minimum Gasteiger partial charge on any atom is -0.378 e. The molecule has 0 bridgehead atoms. The molecule has 0 radical (unpaired) electrons. The lowest BCUT2D eigenvalue weighted by Gasteiger charge is -2.22. The summed E-state index contributed by atoms with van der Waals surface area (Å²) in [6.07, 6.45) is 1.39. The van der Waals surface area contributed by atoms with Crippen LogP contribution < -0.4 is 11.0 Å². The van der Waals surface area contributed by atoms with Crippen molar-refractivity contribution in [3.05, 3.63) is 16.8 Å². The van der Waals surface area contributed by atoms with E-state index in [4.69, 9.17) is 4.74 Å². The first-order valence-corrected chi connectivity index (χ1v) is 4.28. The zero-order valence-corrected chi connectivity index (χ0v) is 7.19. The quantitative estimate of drug-likeness (QED) is 0.590. The highest BCUT2D eigenvalue weighted by atomic mass is 16.5. The lowest BCUT2D eigenvalue weighted by molar-refractivity contribution is 0.0698. The van der Waals surface area contributed by atoms with Gasteiger partial charge in [0, 0.05) is 6.54 Å². The van der Waals surface area contributed by atoms with Gasteiger partial charge >= 0.3 is 5.69 Å². The minimum absolute atomic E-state index is 0.174. The van der Waals surface area contributed by atoms with E-state index in [1.165, 1.54) is 11.0 Å². The number of hydrogen-bond acceptors (Lipinski definition) is 4. The standard InChI is InChI=1S/C7H12N4O2/c12-7-9-5-10-11(7)3-6-4-13-2-1-8-6/h5-6,8H,1-4H2,(H,9,10,12). The van der Waals surface area contributed by atoms with E-state index in [1.54, 1.807) is 0 Å². The Balaban J connectivity index is 1.97. The average Bonchev–Trinajstić information content (AvgIpc) is 2.54. The largest absolute Gasteiger partial charge is 0.378 e. The van der Waals surface area contributed by atoms with Crippen LogP contribution in [0.2, 0.25) is 0 Å². The first-order chi connectivity index (χ1) is 6.36. The molecule has 1 atom stereocenters. The number of morpholine rings is 1. The number of nitrogens with zero attached hydrogens (tertiary/aromatic N) is 2. The molecule has 2 rings (SSSR count). The third-order valence-corrected chi connectivity index (χ3v) is 2.01. The van der Waals surface area contributed by atoms with Gasteiger partial charge in [-0.1, -0.05) is 0 Å². The summed E-state index contributed by atoms with van der Waals surface area (Å²) in [6.45, 7) is 2.78. The molecular weight excluding hydrogens is 172 g/mol. The summed E-state index contributed by atoms with van der Waals surface area (Å²) in [5, 5.41) is 7.11. The maximum absolute atomic E-state index is 11.1. The van der Waals surface area contributed by atoms with Gasteiger partial charge in [0.1, 0.15) is 6.33 Å². The second kappa shape index (κ2) is 3.71. The third-order valence-electron chi connectivity index (χ3n) is 2.01. The molecule has 0 aliphatic carbocycles. The van der Waals surface area contributed by atoms with Crippen LogP contribution in [-0.2, 0) is 11.3 Å². The van der Waals surface area contributed by atoms with Crippen molar-refractivity contribution in [2.45, 2.75) is 12.6 Å². The molecule has 0 spiro atoms. The molecule has 6 nitrogen and oxygen atoms in total. The molecule has 2 N–H and O–H groups in total. The Morgan fingerprint density at radius 3 is 3.31 bits per heavy atom. The van der Waals surface area contributed by atoms with Crippen LogP contribution in [0, 0.1) is 0 Å². The van der Waals surface area contributed by atoms with Crippen LogP contribution in [0.3, 0.4) is 0 Å². The Hall–Kier alpha value is -1.14. The maximum Gasteiger partial charge on any atom is 0.343 e. The Morgan fingerprint density at radius 2 is 2.69 bits per heavy atom. The molecule has 0 amide bonds. The van der Waals surface area contributed by atoms with Gasteiger partial charge in [0.25, 0.3) is 0 Å². The van der Waals surface area contributed by atoms with Crippen molar-refractivity contribution >= 4 is 0 Å². The van der Waals surface area contributed by atoms with Crippen molar-refractivity contribution in [3.63, 3.8) is 0 Å². The van der Waals surface area contributed by atoms with Crippen molar-refractivity contribution in [3.8, 4) is 0 Å². The topological polar surface area (TPSA) is 71.9 Å². The Morgan fingerprint density at radius 1 is 1.77 bits per heavy atom. The Kier molecular flexibility index (Phi) is 2.42. The smallest absolute Gasteiger partial charge is 0.343 e. The van der Waals surface area contributed by atoms with E-state index in [0.29, 0.717) is 13.2 Å². The third kappa shape index (κ3) is 1.96. The Bertz CT molecular complexity index is 312. The number of hydrogen-bond donors (Lipinski definition) is 2. The van der Waals surface area contributed by atoms with E-state index < -0.39 is 0 Å². The van der Waals surface area contributed by atoms with Gasteiger partial charge in [0.2, 0.25) is 0 Å². The molecule has 1 unspecified atom stereocenters. The van der Waals surface area contributed by atoms with Gasteiger partial charge in [0.05, 0.1) is 25.8 Å². The fourth-order valence-electron chi connectivity index (χ4n) is 1.36. The maximum atomic E-state index is 11.1. The molecule has 0 saturated carbocycles. The van der Waals surface area contributed by atoms with Gasteiger partial charge < -0.3 is 10.1 Å². The lowest BCUT2D eigenvalue weighted by Crippen LogP contribution is -2.45. The van der Waals surface area contributed by atoms with E-state index in [-0.39, 0.29) is 11.7 Å². The Labute approximate surface area is 74.9 Å². The molecule has 13 heavy (non-hydrogen) atoms. The number of H-pyrrole nitrogens is 1. The predicted octanol–water partition coefficient (Wildman–Crippen LogP) is -1.44. The second-order valence-corrected chi connectivity index (χ2v) is 3.00. The minimum atomic E-state index is -0.174. The highest BCUT2D eigenvalue weighted by molar-refractivity contribution is 4.71. The van der Waals surface area contributed by atoms with E-state index in [2.05, 4.69) is 15.4 Å². The zero-order chi connectivity index (χ0) is 9.10. The van der Waals surface area contributed by atoms with Crippen LogP contribution in [-0.4, -0.2) is 40.6 Å². The first kappa shape index (κ1) is 8.46. The number of rotatable bonds is 2. The number of aromatic nitrogens is 3. The fourth-order valence-corrected chi connectivity index (χ4v) is 1.36. The highest BCUT2D eigenvalue weighted by Gasteiger charge is 2.14. The van der Waals surface area contributed by atoms with Crippen molar-refractivity contribution < 1.29 is 4.74 Å². The average molecular weight is 184 g/mol. The number of nitrogens with one attached hydrogen (secondary N) is 2. The summed E-state index contributed by atoms with van der Waals surface area (Å²) in [7, 11) is 0. The molecule has 1 aromatic heterocycles. The molecule has 1 saturated heterocycles. The van der Waals surface area contributed by atoms with Gasteiger partial charge in [-0.2, -0.15) is 5.10 Å². The molecule has 72 valence electrons. The van der Waals surface area contributed by atoms with Crippen molar-refractivity contribution in [2.24, 2.45) is 0 Å². The van der Waals surface area contributed by atoms with E-state index in [1.807, 2.05) is 0 Å². The molecule has 2 heterocycles. The SMILES string of the molecule is O=c1[nH]cnn1CC1COCCN1. The molecule has 0 aromatic carbocycles. The monoisotopic (exact) mass is 184 g/mol. The summed E-state index contributed by atoms with van der Waals surface area (Å²) in [5.41, 5.74) is -0.174. The summed E-state index contributed by atoms with van der Waals surface area (Å²) in [4.78, 5) is 13.6. The molecule has 6 heteroatoms. The van der Waals surface area contributed by atoms with Crippen molar-refractivity contribution in [2.75, 3.05) is 19.8 Å². The van der Waals surface area contributed by atoms with E-state index in [0.717, 1.165) is 13.2 Å². The molecule has 1 fully saturated rings. The molecule has 1 aromatic rings. The summed E-state index contributed by atoms with van der Waals surface area (Å²) < 4.78 is 6.65. The van der Waals surface area contributed by atoms with E-state index >= 15 is 0 Å². The normalized spacial score (nSPS) is 23.2. The van der Waals surface area contributed by atoms with Gasteiger partial charge in [-0.3, -0.25) is 4.98 Å². The van der Waals surface area contributed by atoms with Crippen LogP contribution >= 0.6 is 0 Å². The summed E-state index contributed by atoms with van der Waals surface area (Å²) in [6, 6.07) is 0.190. The molecular formula is C7H12N4O2. The van der Waals surface area contributed by atoms with Gasteiger partial charge in [-0.05, 0) is 0 Å². The van der Waals surface area contributed by atoms with Crippen LogP contribution in [0.15, 0.2) is 11.1 Å². The lowest BCUT2D eigenvalue weighted by atomic mass is 10.3. The van der Waals surface area contributed by atoms with Crippen molar-refractivity contribution in [1.29, 1.82) is 0 Å². The summed E-state index contributed by atoms with van der Waals surface area (Å²) >= 11 is 0. The van der Waals surface area contributed by atoms with Crippen LogP contribution in [0.5, 0.6) is 0 Å². The zero-order valence-electron chi connectivity index (χ0n) is 7.19. The van der Waals surface area contributed by atoms with Gasteiger partial charge in [-0.15, -0.1) is 0 Å².